The molecule has 3 nitrogen and oxygen atoms in total. The molecule has 2 aliphatic rings. The van der Waals surface area contributed by atoms with E-state index in [-0.39, 0.29) is 11.7 Å². The first-order chi connectivity index (χ1) is 10.2. The molecule has 4 heteroatoms. The van der Waals surface area contributed by atoms with E-state index in [1.54, 1.807) is 12.1 Å². The van der Waals surface area contributed by atoms with Crippen molar-refractivity contribution in [2.24, 2.45) is 5.92 Å². The Bertz CT molecular complexity index is 535. The van der Waals surface area contributed by atoms with Crippen molar-refractivity contribution in [2.75, 3.05) is 31.1 Å². The fourth-order valence-corrected chi connectivity index (χ4v) is 3.12. The molecule has 0 radical (unpaired) electrons. The first-order valence-corrected chi connectivity index (χ1v) is 7.68. The van der Waals surface area contributed by atoms with Crippen molar-refractivity contribution in [1.82, 2.24) is 4.90 Å². The lowest BCUT2D eigenvalue weighted by Crippen LogP contribution is -2.49. The summed E-state index contributed by atoms with van der Waals surface area (Å²) in [6.45, 7) is 2.77. The molecule has 1 amide bonds. The maximum atomic E-state index is 13.8. The number of halogens is 1. The van der Waals surface area contributed by atoms with Gasteiger partial charge in [-0.25, -0.2) is 4.39 Å². The largest absolute Gasteiger partial charge is 0.366 e. The first kappa shape index (κ1) is 14.1. The number of para-hydroxylation sites is 1. The molecule has 1 saturated heterocycles. The molecule has 21 heavy (non-hydrogen) atoms. The van der Waals surface area contributed by atoms with Crippen LogP contribution in [0.1, 0.15) is 19.3 Å². The molecule has 1 heterocycles. The van der Waals surface area contributed by atoms with Crippen molar-refractivity contribution in [3.05, 3.63) is 42.2 Å². The van der Waals surface area contributed by atoms with Gasteiger partial charge in [0.15, 0.2) is 0 Å². The van der Waals surface area contributed by atoms with E-state index in [9.17, 15) is 9.18 Å². The summed E-state index contributed by atoms with van der Waals surface area (Å²) in [5, 5.41) is 0. The maximum Gasteiger partial charge on any atom is 0.223 e. The smallest absolute Gasteiger partial charge is 0.223 e. The minimum Gasteiger partial charge on any atom is -0.366 e. The third-order valence-corrected chi connectivity index (χ3v) is 4.37. The Balaban J connectivity index is 1.54. The second kappa shape index (κ2) is 6.29. The lowest BCUT2D eigenvalue weighted by atomic mass is 10.0. The van der Waals surface area contributed by atoms with E-state index < -0.39 is 0 Å². The van der Waals surface area contributed by atoms with Gasteiger partial charge in [0.2, 0.25) is 5.91 Å². The van der Waals surface area contributed by atoms with Gasteiger partial charge in [0.1, 0.15) is 5.82 Å². The highest BCUT2D eigenvalue weighted by atomic mass is 19.1. The van der Waals surface area contributed by atoms with Gasteiger partial charge in [0.25, 0.3) is 0 Å². The second-order valence-electron chi connectivity index (χ2n) is 5.79. The number of carbonyl (C=O) groups is 1. The molecule has 0 bridgehead atoms. The topological polar surface area (TPSA) is 23.6 Å². The Morgan fingerprint density at radius 3 is 2.62 bits per heavy atom. The molecular weight excluding hydrogens is 267 g/mol. The second-order valence-corrected chi connectivity index (χ2v) is 5.79. The van der Waals surface area contributed by atoms with Gasteiger partial charge in [0, 0.05) is 32.6 Å². The zero-order valence-corrected chi connectivity index (χ0v) is 12.2. The first-order valence-electron chi connectivity index (χ1n) is 7.68. The lowest BCUT2D eigenvalue weighted by molar-refractivity contribution is -0.132. The quantitative estimate of drug-likeness (QED) is 0.799. The van der Waals surface area contributed by atoms with Gasteiger partial charge < -0.3 is 9.80 Å². The third kappa shape index (κ3) is 3.26. The molecule has 112 valence electrons. The average Bonchev–Trinajstić information content (AvgIpc) is 3.01. The summed E-state index contributed by atoms with van der Waals surface area (Å²) in [4.78, 5) is 16.2. The zero-order chi connectivity index (χ0) is 14.7. The number of rotatable bonds is 3. The van der Waals surface area contributed by atoms with Gasteiger partial charge in [-0.15, -0.1) is 0 Å². The van der Waals surface area contributed by atoms with Gasteiger partial charge in [0.05, 0.1) is 5.69 Å². The fourth-order valence-electron chi connectivity index (χ4n) is 3.12. The van der Waals surface area contributed by atoms with Crippen molar-refractivity contribution in [1.29, 1.82) is 0 Å². The van der Waals surface area contributed by atoms with Crippen LogP contribution in [0.2, 0.25) is 0 Å². The van der Waals surface area contributed by atoms with E-state index in [2.05, 4.69) is 12.2 Å². The van der Waals surface area contributed by atoms with Gasteiger partial charge in [-0.1, -0.05) is 24.3 Å². The summed E-state index contributed by atoms with van der Waals surface area (Å²) < 4.78 is 13.8. The highest BCUT2D eigenvalue weighted by molar-refractivity contribution is 5.77. The fraction of sp³-hybridized carbons (Fsp3) is 0.471. The number of piperazine rings is 1. The van der Waals surface area contributed by atoms with Crippen molar-refractivity contribution < 1.29 is 9.18 Å². The highest BCUT2D eigenvalue weighted by Gasteiger charge is 2.24. The summed E-state index contributed by atoms with van der Waals surface area (Å²) in [5.41, 5.74) is 0.642. The zero-order valence-electron chi connectivity index (χ0n) is 12.2. The summed E-state index contributed by atoms with van der Waals surface area (Å²) in [7, 11) is 0. The Morgan fingerprint density at radius 1 is 1.19 bits per heavy atom. The van der Waals surface area contributed by atoms with Gasteiger partial charge >= 0.3 is 0 Å². The van der Waals surface area contributed by atoms with Crippen LogP contribution in [0.3, 0.4) is 0 Å². The lowest BCUT2D eigenvalue weighted by Gasteiger charge is -2.36. The predicted octanol–water partition coefficient (Wildman–Crippen LogP) is 2.83. The predicted molar refractivity (Wildman–Crippen MR) is 81.7 cm³/mol. The van der Waals surface area contributed by atoms with Gasteiger partial charge in [-0.3, -0.25) is 4.79 Å². The number of carbonyl (C=O) groups excluding carboxylic acids is 1. The Morgan fingerprint density at radius 2 is 1.95 bits per heavy atom. The van der Waals surface area contributed by atoms with Crippen molar-refractivity contribution in [3.63, 3.8) is 0 Å². The number of amides is 1. The molecule has 1 unspecified atom stereocenters. The molecule has 0 saturated carbocycles. The molecule has 1 aliphatic heterocycles. The van der Waals surface area contributed by atoms with Crippen molar-refractivity contribution in [3.8, 4) is 0 Å². The number of hydrogen-bond acceptors (Lipinski definition) is 2. The normalized spacial score (nSPS) is 21.9. The molecule has 1 atom stereocenters. The van der Waals surface area contributed by atoms with Crippen LogP contribution >= 0.6 is 0 Å². The van der Waals surface area contributed by atoms with Crippen molar-refractivity contribution >= 4 is 11.6 Å². The summed E-state index contributed by atoms with van der Waals surface area (Å²) in [5.74, 6) is 0.468. The number of hydrogen-bond donors (Lipinski definition) is 0. The van der Waals surface area contributed by atoms with Crippen molar-refractivity contribution in [2.45, 2.75) is 19.3 Å². The Kier molecular flexibility index (Phi) is 4.23. The maximum absolute atomic E-state index is 13.8. The number of allylic oxidation sites excluding steroid dienone is 2. The number of benzene rings is 1. The average molecular weight is 288 g/mol. The van der Waals surface area contributed by atoms with E-state index in [1.165, 1.54) is 6.07 Å². The standard InChI is InChI=1S/C17H21FN2O/c18-15-7-3-4-8-16(15)19-9-11-20(12-10-19)17(21)13-14-5-1-2-6-14/h1,3-5,7-8,14H,2,6,9-13H2. The monoisotopic (exact) mass is 288 g/mol. The number of nitrogens with zero attached hydrogens (tertiary/aromatic N) is 2. The minimum atomic E-state index is -0.187. The molecule has 0 aromatic heterocycles. The van der Waals surface area contributed by atoms with Gasteiger partial charge in [-0.05, 0) is 30.9 Å². The molecule has 3 rings (SSSR count). The van der Waals surface area contributed by atoms with Crippen LogP contribution in [0.15, 0.2) is 36.4 Å². The molecule has 0 N–H and O–H groups in total. The molecule has 1 fully saturated rings. The Labute approximate surface area is 125 Å². The molecule has 0 spiro atoms. The van der Waals surface area contributed by atoms with E-state index in [4.69, 9.17) is 0 Å². The van der Waals surface area contributed by atoms with Gasteiger partial charge in [-0.2, -0.15) is 0 Å². The van der Waals surface area contributed by atoms with E-state index in [0.29, 0.717) is 44.2 Å². The van der Waals surface area contributed by atoms with Crippen LogP contribution in [0.25, 0.3) is 0 Å². The minimum absolute atomic E-state index is 0.187. The molecular formula is C17H21FN2O. The molecule has 1 aliphatic carbocycles. The third-order valence-electron chi connectivity index (χ3n) is 4.37. The van der Waals surface area contributed by atoms with E-state index >= 15 is 0 Å². The van der Waals surface area contributed by atoms with Crippen LogP contribution in [-0.2, 0) is 4.79 Å². The summed E-state index contributed by atoms with van der Waals surface area (Å²) in [6, 6.07) is 6.84. The van der Waals surface area contributed by atoms with Crippen LogP contribution in [0.4, 0.5) is 10.1 Å². The van der Waals surface area contributed by atoms with Crippen LogP contribution in [0.5, 0.6) is 0 Å². The summed E-state index contributed by atoms with van der Waals surface area (Å²) >= 11 is 0. The van der Waals surface area contributed by atoms with Crippen LogP contribution < -0.4 is 4.90 Å². The highest BCUT2D eigenvalue weighted by Crippen LogP contribution is 2.23. The van der Waals surface area contributed by atoms with E-state index in [0.717, 1.165) is 12.8 Å². The SMILES string of the molecule is O=C(CC1C=CCC1)N1CCN(c2ccccc2F)CC1. The summed E-state index contributed by atoms with van der Waals surface area (Å²) in [6.07, 6.45) is 7.14. The Hall–Kier alpha value is -1.84. The van der Waals surface area contributed by atoms with Crippen LogP contribution in [0, 0.1) is 11.7 Å². The van der Waals surface area contributed by atoms with Crippen LogP contribution in [-0.4, -0.2) is 37.0 Å². The molecule has 1 aromatic rings. The molecule has 1 aromatic carbocycles. The van der Waals surface area contributed by atoms with E-state index in [1.807, 2.05) is 15.9 Å². The number of anilines is 1.